The van der Waals surface area contributed by atoms with Crippen molar-refractivity contribution in [2.45, 2.75) is 31.8 Å². The molecule has 5 heteroatoms. The minimum Gasteiger partial charge on any atom is -0.480 e. The van der Waals surface area contributed by atoms with Crippen LogP contribution >= 0.6 is 22.9 Å². The van der Waals surface area contributed by atoms with E-state index in [1.54, 1.807) is 0 Å². The second-order valence-corrected chi connectivity index (χ2v) is 5.83. The van der Waals surface area contributed by atoms with Gasteiger partial charge in [0.05, 0.1) is 4.34 Å². The van der Waals surface area contributed by atoms with Crippen molar-refractivity contribution < 1.29 is 9.90 Å². The Morgan fingerprint density at radius 2 is 2.38 bits per heavy atom. The molecule has 0 saturated carbocycles. The molecule has 0 aliphatic carbocycles. The van der Waals surface area contributed by atoms with Gasteiger partial charge in [0.1, 0.15) is 6.04 Å². The minimum atomic E-state index is -0.706. The highest BCUT2D eigenvalue weighted by atomic mass is 35.5. The molecule has 1 fully saturated rings. The quantitative estimate of drug-likeness (QED) is 0.908. The van der Waals surface area contributed by atoms with Gasteiger partial charge in [-0.05, 0) is 31.5 Å². The van der Waals surface area contributed by atoms with Crippen molar-refractivity contribution in [3.05, 3.63) is 21.3 Å². The number of piperidine rings is 1. The summed E-state index contributed by atoms with van der Waals surface area (Å²) in [5, 5.41) is 9.13. The van der Waals surface area contributed by atoms with Crippen LogP contribution in [0.4, 0.5) is 0 Å². The summed E-state index contributed by atoms with van der Waals surface area (Å²) in [6.07, 6.45) is 2.86. The van der Waals surface area contributed by atoms with Gasteiger partial charge in [0.15, 0.2) is 0 Å². The van der Waals surface area contributed by atoms with Gasteiger partial charge >= 0.3 is 5.97 Å². The number of nitrogens with zero attached hydrogens (tertiary/aromatic N) is 1. The van der Waals surface area contributed by atoms with Gasteiger partial charge in [-0.3, -0.25) is 9.69 Å². The lowest BCUT2D eigenvalue weighted by molar-refractivity contribution is -0.144. The molecule has 1 N–H and O–H groups in total. The zero-order valence-electron chi connectivity index (χ0n) is 8.86. The van der Waals surface area contributed by atoms with Crippen molar-refractivity contribution in [3.8, 4) is 0 Å². The fourth-order valence-electron chi connectivity index (χ4n) is 2.10. The SMILES string of the molecule is O=C(O)[C@H]1CCCCN1Cc1ccc(Cl)s1. The molecule has 0 unspecified atom stereocenters. The number of aliphatic carboxylic acids is 1. The van der Waals surface area contributed by atoms with E-state index in [0.717, 1.165) is 35.0 Å². The molecule has 1 aromatic heterocycles. The summed E-state index contributed by atoms with van der Waals surface area (Å²) >= 11 is 7.39. The number of halogens is 1. The number of carbonyl (C=O) groups is 1. The van der Waals surface area contributed by atoms with Crippen molar-refractivity contribution in [3.63, 3.8) is 0 Å². The van der Waals surface area contributed by atoms with Crippen LogP contribution in [-0.4, -0.2) is 28.6 Å². The van der Waals surface area contributed by atoms with Gasteiger partial charge in [0.25, 0.3) is 0 Å². The highest BCUT2D eigenvalue weighted by molar-refractivity contribution is 7.16. The zero-order valence-corrected chi connectivity index (χ0v) is 10.4. The maximum absolute atomic E-state index is 11.1. The molecule has 1 aromatic rings. The van der Waals surface area contributed by atoms with Gasteiger partial charge in [-0.25, -0.2) is 0 Å². The van der Waals surface area contributed by atoms with Crippen molar-refractivity contribution in [1.82, 2.24) is 4.90 Å². The van der Waals surface area contributed by atoms with Gasteiger partial charge in [-0.15, -0.1) is 11.3 Å². The van der Waals surface area contributed by atoms with E-state index in [-0.39, 0.29) is 6.04 Å². The highest BCUT2D eigenvalue weighted by Gasteiger charge is 2.28. The summed E-state index contributed by atoms with van der Waals surface area (Å²) in [6.45, 7) is 1.57. The lowest BCUT2D eigenvalue weighted by Crippen LogP contribution is -2.43. The summed E-state index contributed by atoms with van der Waals surface area (Å²) < 4.78 is 0.763. The lowest BCUT2D eigenvalue weighted by atomic mass is 10.0. The number of hydrogen-bond acceptors (Lipinski definition) is 3. The van der Waals surface area contributed by atoms with E-state index in [1.165, 1.54) is 11.3 Å². The summed E-state index contributed by atoms with van der Waals surface area (Å²) in [4.78, 5) is 14.3. The molecule has 1 aliphatic heterocycles. The van der Waals surface area contributed by atoms with Crippen molar-refractivity contribution in [2.24, 2.45) is 0 Å². The van der Waals surface area contributed by atoms with E-state index in [9.17, 15) is 4.79 Å². The number of likely N-dealkylation sites (tertiary alicyclic amines) is 1. The Bertz CT molecular complexity index is 380. The largest absolute Gasteiger partial charge is 0.480 e. The normalized spacial score (nSPS) is 22.2. The van der Waals surface area contributed by atoms with Gasteiger partial charge < -0.3 is 5.11 Å². The van der Waals surface area contributed by atoms with Crippen LogP contribution in [0.3, 0.4) is 0 Å². The minimum absolute atomic E-state index is 0.324. The molecule has 16 heavy (non-hydrogen) atoms. The molecule has 1 atom stereocenters. The van der Waals surface area contributed by atoms with E-state index < -0.39 is 5.97 Å². The Labute approximate surface area is 104 Å². The van der Waals surface area contributed by atoms with Crippen molar-refractivity contribution in [1.29, 1.82) is 0 Å². The van der Waals surface area contributed by atoms with Crippen LogP contribution in [0, 0.1) is 0 Å². The fraction of sp³-hybridized carbons (Fsp3) is 0.545. The molecule has 1 aliphatic rings. The van der Waals surface area contributed by atoms with E-state index in [1.807, 2.05) is 17.0 Å². The van der Waals surface area contributed by atoms with Crippen LogP contribution in [0.5, 0.6) is 0 Å². The number of hydrogen-bond donors (Lipinski definition) is 1. The molecule has 0 aromatic carbocycles. The van der Waals surface area contributed by atoms with Gasteiger partial charge in [0, 0.05) is 11.4 Å². The van der Waals surface area contributed by atoms with Crippen LogP contribution in [0.1, 0.15) is 24.1 Å². The average Bonchev–Trinajstić information content (AvgIpc) is 2.64. The lowest BCUT2D eigenvalue weighted by Gasteiger charge is -2.32. The summed E-state index contributed by atoms with van der Waals surface area (Å²) in [5.41, 5.74) is 0. The fourth-order valence-corrected chi connectivity index (χ4v) is 3.21. The van der Waals surface area contributed by atoms with E-state index in [2.05, 4.69) is 0 Å². The first kappa shape index (κ1) is 11.9. The number of carboxylic acid groups (broad SMARTS) is 1. The Kier molecular flexibility index (Phi) is 3.84. The molecule has 0 radical (unpaired) electrons. The first-order chi connectivity index (χ1) is 7.66. The average molecular weight is 260 g/mol. The molecule has 1 saturated heterocycles. The maximum atomic E-state index is 11.1. The van der Waals surface area contributed by atoms with Crippen LogP contribution < -0.4 is 0 Å². The molecule has 0 amide bonds. The van der Waals surface area contributed by atoms with Gasteiger partial charge in [-0.2, -0.15) is 0 Å². The summed E-state index contributed by atoms with van der Waals surface area (Å²) in [7, 11) is 0. The first-order valence-corrected chi connectivity index (χ1v) is 6.57. The van der Waals surface area contributed by atoms with Gasteiger partial charge in [-0.1, -0.05) is 18.0 Å². The highest BCUT2D eigenvalue weighted by Crippen LogP contribution is 2.26. The molecule has 0 spiro atoms. The second-order valence-electron chi connectivity index (χ2n) is 4.03. The molecular weight excluding hydrogens is 246 g/mol. The number of rotatable bonds is 3. The molecule has 3 nitrogen and oxygen atoms in total. The summed E-state index contributed by atoms with van der Waals surface area (Å²) in [5.74, 6) is -0.706. The predicted molar refractivity (Wildman–Crippen MR) is 65.0 cm³/mol. The van der Waals surface area contributed by atoms with Crippen LogP contribution in [0.15, 0.2) is 12.1 Å². The Balaban J connectivity index is 2.03. The molecular formula is C11H14ClNO2S. The molecule has 88 valence electrons. The van der Waals surface area contributed by atoms with Crippen LogP contribution in [0.2, 0.25) is 4.34 Å². The predicted octanol–water partition coefficient (Wildman–Crippen LogP) is 2.84. The zero-order chi connectivity index (χ0) is 11.5. The van der Waals surface area contributed by atoms with Gasteiger partial charge in [0.2, 0.25) is 0 Å². The van der Waals surface area contributed by atoms with E-state index in [4.69, 9.17) is 16.7 Å². The van der Waals surface area contributed by atoms with Crippen LogP contribution in [-0.2, 0) is 11.3 Å². The maximum Gasteiger partial charge on any atom is 0.320 e. The Morgan fingerprint density at radius 3 is 3.00 bits per heavy atom. The smallest absolute Gasteiger partial charge is 0.320 e. The standard InChI is InChI=1S/C11H14ClNO2S/c12-10-5-4-8(16-10)7-13-6-2-1-3-9(13)11(14)15/h4-5,9H,1-3,6-7H2,(H,14,15)/t9-/m1/s1. The third-order valence-electron chi connectivity index (χ3n) is 2.89. The molecule has 2 heterocycles. The molecule has 0 bridgehead atoms. The Hall–Kier alpha value is -0.580. The first-order valence-electron chi connectivity index (χ1n) is 5.38. The monoisotopic (exact) mass is 259 g/mol. The van der Waals surface area contributed by atoms with Crippen molar-refractivity contribution in [2.75, 3.05) is 6.54 Å². The van der Waals surface area contributed by atoms with E-state index >= 15 is 0 Å². The number of carboxylic acids is 1. The third kappa shape index (κ3) is 2.75. The summed E-state index contributed by atoms with van der Waals surface area (Å²) in [6, 6.07) is 3.51. The van der Waals surface area contributed by atoms with E-state index in [0.29, 0.717) is 6.54 Å². The topological polar surface area (TPSA) is 40.5 Å². The Morgan fingerprint density at radius 1 is 1.56 bits per heavy atom. The second kappa shape index (κ2) is 5.17. The molecule has 2 rings (SSSR count). The number of thiophene rings is 1. The van der Waals surface area contributed by atoms with Crippen LogP contribution in [0.25, 0.3) is 0 Å². The third-order valence-corrected chi connectivity index (χ3v) is 4.10. The van der Waals surface area contributed by atoms with Crippen molar-refractivity contribution >= 4 is 28.9 Å².